The van der Waals surface area contributed by atoms with Crippen LogP contribution in [0.5, 0.6) is 0 Å². The average molecular weight is 201 g/mol. The maximum Gasteiger partial charge on any atom is 0.139 e. The first kappa shape index (κ1) is 11.3. The van der Waals surface area contributed by atoms with Gasteiger partial charge < -0.3 is 4.84 Å². The third-order valence-corrected chi connectivity index (χ3v) is 1.49. The third-order valence-electron chi connectivity index (χ3n) is 1.49. The van der Waals surface area contributed by atoms with Crippen molar-refractivity contribution in [3.8, 4) is 6.07 Å². The van der Waals surface area contributed by atoms with E-state index in [-0.39, 0.29) is 5.60 Å². The number of hydrogen-bond donors (Lipinski definition) is 0. The van der Waals surface area contributed by atoms with E-state index in [0.717, 1.165) is 5.56 Å². The molecule has 0 spiro atoms. The summed E-state index contributed by atoms with van der Waals surface area (Å²) in [5.74, 6) is 0. The quantitative estimate of drug-likeness (QED) is 0.545. The Kier molecular flexibility index (Phi) is 3.46. The standard InChI is InChI=1S/C12H13N2O/c1-12(2,3)15-14-9-11-6-4-5-10(7-11)8-13/h4-7H,1-3H3. The van der Waals surface area contributed by atoms with Gasteiger partial charge in [-0.1, -0.05) is 17.3 Å². The Balaban J connectivity index is 2.69. The minimum atomic E-state index is -0.320. The van der Waals surface area contributed by atoms with Crippen molar-refractivity contribution >= 4 is 6.21 Å². The van der Waals surface area contributed by atoms with E-state index in [4.69, 9.17) is 10.1 Å². The van der Waals surface area contributed by atoms with Crippen molar-refractivity contribution < 1.29 is 4.84 Å². The van der Waals surface area contributed by atoms with Gasteiger partial charge in [-0.05, 0) is 32.9 Å². The van der Waals surface area contributed by atoms with Crippen LogP contribution in [0.15, 0.2) is 29.4 Å². The second kappa shape index (κ2) is 4.61. The van der Waals surface area contributed by atoms with Crippen molar-refractivity contribution in [2.75, 3.05) is 0 Å². The van der Waals surface area contributed by atoms with E-state index in [1.54, 1.807) is 18.2 Å². The molecule has 3 nitrogen and oxygen atoms in total. The molecular formula is C12H13N2O. The van der Waals surface area contributed by atoms with Gasteiger partial charge >= 0.3 is 0 Å². The van der Waals surface area contributed by atoms with Crippen LogP contribution < -0.4 is 0 Å². The molecule has 0 unspecified atom stereocenters. The predicted octanol–water partition coefficient (Wildman–Crippen LogP) is 2.58. The first-order chi connectivity index (χ1) is 7.01. The van der Waals surface area contributed by atoms with Crippen LogP contribution in [0.25, 0.3) is 0 Å². The number of nitriles is 1. The molecule has 0 bridgehead atoms. The maximum atomic E-state index is 8.68. The van der Waals surface area contributed by atoms with E-state index < -0.39 is 0 Å². The van der Waals surface area contributed by atoms with Crippen LogP contribution >= 0.6 is 0 Å². The Morgan fingerprint density at radius 3 is 2.53 bits per heavy atom. The fraction of sp³-hybridized carbons (Fsp3) is 0.333. The molecule has 3 heteroatoms. The Morgan fingerprint density at radius 2 is 1.93 bits per heavy atom. The summed E-state index contributed by atoms with van der Waals surface area (Å²) in [6, 6.07) is 9.09. The van der Waals surface area contributed by atoms with Gasteiger partial charge in [-0.25, -0.2) is 0 Å². The highest BCUT2D eigenvalue weighted by atomic mass is 16.6. The van der Waals surface area contributed by atoms with Crippen molar-refractivity contribution in [2.45, 2.75) is 26.4 Å². The lowest BCUT2D eigenvalue weighted by Gasteiger charge is -2.14. The van der Waals surface area contributed by atoms with Crippen LogP contribution in [0.1, 0.15) is 31.9 Å². The SMILES string of the molecule is CC(C)(C)O/N=[C]/c1cccc(C#N)c1. The molecule has 1 rings (SSSR count). The lowest BCUT2D eigenvalue weighted by Crippen LogP contribution is -2.15. The van der Waals surface area contributed by atoms with Gasteiger partial charge in [-0.15, -0.1) is 0 Å². The summed E-state index contributed by atoms with van der Waals surface area (Å²) in [7, 11) is 0. The molecule has 0 amide bonds. The number of hydrogen-bond acceptors (Lipinski definition) is 3. The number of benzene rings is 1. The molecule has 77 valence electrons. The Labute approximate surface area is 90.0 Å². The first-order valence-corrected chi connectivity index (χ1v) is 4.66. The highest BCUT2D eigenvalue weighted by molar-refractivity contribution is 5.79. The molecule has 1 radical (unpaired) electrons. The molecule has 1 aromatic carbocycles. The van der Waals surface area contributed by atoms with Crippen molar-refractivity contribution in [1.82, 2.24) is 0 Å². The minimum absolute atomic E-state index is 0.320. The normalized spacial score (nSPS) is 11.3. The van der Waals surface area contributed by atoms with Crippen molar-refractivity contribution in [1.29, 1.82) is 5.26 Å². The lowest BCUT2D eigenvalue weighted by molar-refractivity contribution is 0.00199. The summed E-state index contributed by atoms with van der Waals surface area (Å²) in [4.78, 5) is 5.14. The summed E-state index contributed by atoms with van der Waals surface area (Å²) in [5, 5.41) is 12.4. The van der Waals surface area contributed by atoms with E-state index in [9.17, 15) is 0 Å². The van der Waals surface area contributed by atoms with Crippen LogP contribution in [0.4, 0.5) is 0 Å². The number of nitrogens with zero attached hydrogens (tertiary/aromatic N) is 2. The maximum absolute atomic E-state index is 8.68. The van der Waals surface area contributed by atoms with E-state index >= 15 is 0 Å². The fourth-order valence-corrected chi connectivity index (χ4v) is 0.871. The van der Waals surface area contributed by atoms with Gasteiger partial charge in [0.25, 0.3) is 0 Å². The van der Waals surface area contributed by atoms with Crippen LogP contribution in [-0.4, -0.2) is 11.8 Å². The van der Waals surface area contributed by atoms with E-state index in [2.05, 4.69) is 17.4 Å². The van der Waals surface area contributed by atoms with Crippen LogP contribution in [0, 0.1) is 11.3 Å². The largest absolute Gasteiger partial charge is 0.390 e. The molecule has 1 aromatic rings. The van der Waals surface area contributed by atoms with Crippen LogP contribution in [0.3, 0.4) is 0 Å². The Hall–Kier alpha value is -1.82. The van der Waals surface area contributed by atoms with E-state index in [1.165, 1.54) is 0 Å². The third kappa shape index (κ3) is 4.28. The molecule has 0 saturated heterocycles. The van der Waals surface area contributed by atoms with Gasteiger partial charge in [0.05, 0.1) is 11.6 Å². The van der Waals surface area contributed by atoms with Crippen LogP contribution in [0.2, 0.25) is 0 Å². The second-order valence-electron chi connectivity index (χ2n) is 4.10. The number of rotatable bonds is 2. The molecule has 15 heavy (non-hydrogen) atoms. The summed E-state index contributed by atoms with van der Waals surface area (Å²) in [6.45, 7) is 5.72. The van der Waals surface area contributed by atoms with Gasteiger partial charge in [0.1, 0.15) is 11.8 Å². The highest BCUT2D eigenvalue weighted by Crippen LogP contribution is 2.07. The summed E-state index contributed by atoms with van der Waals surface area (Å²) >= 11 is 0. The lowest BCUT2D eigenvalue weighted by atomic mass is 10.1. The topological polar surface area (TPSA) is 45.4 Å². The summed E-state index contributed by atoms with van der Waals surface area (Å²) in [6.07, 6.45) is 2.73. The molecule has 0 heterocycles. The van der Waals surface area contributed by atoms with Crippen molar-refractivity contribution in [3.05, 3.63) is 35.4 Å². The van der Waals surface area contributed by atoms with Gasteiger partial charge in [0.15, 0.2) is 0 Å². The highest BCUT2D eigenvalue weighted by Gasteiger charge is 2.09. The first-order valence-electron chi connectivity index (χ1n) is 4.66. The molecule has 0 aliphatic heterocycles. The molecule has 0 aliphatic carbocycles. The smallest absolute Gasteiger partial charge is 0.139 e. The molecular weight excluding hydrogens is 188 g/mol. The molecule has 0 aromatic heterocycles. The molecule has 0 aliphatic rings. The molecule has 0 atom stereocenters. The monoisotopic (exact) mass is 201 g/mol. The average Bonchev–Trinajstić information content (AvgIpc) is 2.16. The van der Waals surface area contributed by atoms with E-state index in [0.29, 0.717) is 5.56 Å². The second-order valence-corrected chi connectivity index (χ2v) is 4.10. The van der Waals surface area contributed by atoms with E-state index in [1.807, 2.05) is 26.8 Å². The van der Waals surface area contributed by atoms with Gasteiger partial charge in [-0.3, -0.25) is 0 Å². The Bertz CT molecular complexity index is 397. The summed E-state index contributed by atoms with van der Waals surface area (Å²) in [5.41, 5.74) is 1.00. The fourth-order valence-electron chi connectivity index (χ4n) is 0.871. The minimum Gasteiger partial charge on any atom is -0.390 e. The molecule has 0 saturated carbocycles. The van der Waals surface area contributed by atoms with Gasteiger partial charge in [0, 0.05) is 5.56 Å². The Morgan fingerprint density at radius 1 is 1.27 bits per heavy atom. The molecule has 0 fully saturated rings. The zero-order valence-corrected chi connectivity index (χ0v) is 9.11. The zero-order valence-electron chi connectivity index (χ0n) is 9.11. The van der Waals surface area contributed by atoms with Crippen molar-refractivity contribution in [2.24, 2.45) is 5.16 Å². The van der Waals surface area contributed by atoms with Gasteiger partial charge in [-0.2, -0.15) is 5.26 Å². The van der Waals surface area contributed by atoms with Crippen molar-refractivity contribution in [3.63, 3.8) is 0 Å². The van der Waals surface area contributed by atoms with Gasteiger partial charge in [0.2, 0.25) is 0 Å². The van der Waals surface area contributed by atoms with Crippen LogP contribution in [-0.2, 0) is 4.84 Å². The predicted molar refractivity (Wildman–Crippen MR) is 58.5 cm³/mol. The molecule has 0 N–H and O–H groups in total. The summed E-state index contributed by atoms with van der Waals surface area (Å²) < 4.78 is 0. The zero-order chi connectivity index (χ0) is 11.3.